The van der Waals surface area contributed by atoms with E-state index in [0.29, 0.717) is 11.8 Å². The first-order valence-corrected chi connectivity index (χ1v) is 4.06. The molecule has 0 bridgehead atoms. The number of hydroxylamine groups is 1. The number of rotatable bonds is 2. The third-order valence-corrected chi connectivity index (χ3v) is 3.47. The van der Waals surface area contributed by atoms with E-state index in [1.54, 1.807) is 7.05 Å². The smallest absolute Gasteiger partial charge is 0.0431 e. The molecule has 0 aromatic heterocycles. The Kier molecular flexibility index (Phi) is 1.33. The van der Waals surface area contributed by atoms with Gasteiger partial charge in [0.15, 0.2) is 0 Å². The fourth-order valence-corrected chi connectivity index (χ4v) is 2.65. The molecule has 2 rings (SSSR count). The van der Waals surface area contributed by atoms with Gasteiger partial charge in [-0.2, -0.15) is 0 Å². The molecule has 2 fully saturated rings. The summed E-state index contributed by atoms with van der Waals surface area (Å²) in [7, 11) is 1.65. The highest BCUT2D eigenvalue weighted by atomic mass is 16.5. The molecule has 0 saturated heterocycles. The van der Waals surface area contributed by atoms with E-state index in [4.69, 9.17) is 5.73 Å². The van der Waals surface area contributed by atoms with E-state index in [9.17, 15) is 5.21 Å². The standard InChI is InChI=1S/C7H14N3O/c1-4-5-3-6(8)7(4,5)10(11)9-2/h4-6,9H,3,8H2,1-2H3/q-1. The highest BCUT2D eigenvalue weighted by Crippen LogP contribution is 2.66. The maximum absolute atomic E-state index is 11.3. The average Bonchev–Trinajstić information content (AvgIpc) is 2.47. The van der Waals surface area contributed by atoms with Crippen LogP contribution in [0.4, 0.5) is 0 Å². The molecule has 4 unspecified atom stereocenters. The summed E-state index contributed by atoms with van der Waals surface area (Å²) in [6.07, 6.45) is 1.02. The summed E-state index contributed by atoms with van der Waals surface area (Å²) in [5.74, 6) is 1.02. The zero-order chi connectivity index (χ0) is 8.22. The summed E-state index contributed by atoms with van der Waals surface area (Å²) >= 11 is 0. The summed E-state index contributed by atoms with van der Waals surface area (Å²) in [5.41, 5.74) is 8.15. The van der Waals surface area contributed by atoms with Gasteiger partial charge in [0, 0.05) is 11.6 Å². The summed E-state index contributed by atoms with van der Waals surface area (Å²) in [4.78, 5) is 0. The second kappa shape index (κ2) is 1.95. The Morgan fingerprint density at radius 2 is 2.36 bits per heavy atom. The molecule has 4 heteroatoms. The molecule has 0 aliphatic heterocycles. The van der Waals surface area contributed by atoms with Crippen LogP contribution < -0.4 is 11.2 Å². The van der Waals surface area contributed by atoms with Crippen molar-refractivity contribution in [2.45, 2.75) is 24.9 Å². The number of nitrogens with one attached hydrogen (secondary N) is 1. The van der Waals surface area contributed by atoms with E-state index in [2.05, 4.69) is 12.3 Å². The highest BCUT2D eigenvalue weighted by Gasteiger charge is 2.73. The molecular formula is C7H14N3O-. The van der Waals surface area contributed by atoms with Crippen LogP contribution in [0.2, 0.25) is 0 Å². The van der Waals surface area contributed by atoms with Crippen LogP contribution in [0.3, 0.4) is 0 Å². The monoisotopic (exact) mass is 156 g/mol. The van der Waals surface area contributed by atoms with Gasteiger partial charge in [0.05, 0.1) is 0 Å². The molecule has 4 nitrogen and oxygen atoms in total. The zero-order valence-electron chi connectivity index (χ0n) is 6.87. The highest BCUT2D eigenvalue weighted by molar-refractivity contribution is 5.30. The van der Waals surface area contributed by atoms with Gasteiger partial charge in [-0.25, -0.2) is 0 Å². The Morgan fingerprint density at radius 3 is 2.55 bits per heavy atom. The van der Waals surface area contributed by atoms with E-state index in [1.807, 2.05) is 0 Å². The molecule has 2 aliphatic rings. The maximum Gasteiger partial charge on any atom is 0.0431 e. The molecule has 0 aromatic carbocycles. The van der Waals surface area contributed by atoms with Crippen molar-refractivity contribution in [3.8, 4) is 0 Å². The Balaban J connectivity index is 2.12. The van der Waals surface area contributed by atoms with Crippen molar-refractivity contribution in [2.75, 3.05) is 7.05 Å². The van der Waals surface area contributed by atoms with Crippen molar-refractivity contribution in [2.24, 2.45) is 17.6 Å². The number of hydrogen-bond acceptors (Lipinski definition) is 4. The van der Waals surface area contributed by atoms with Gasteiger partial charge in [-0.3, -0.25) is 5.43 Å². The molecule has 2 aliphatic carbocycles. The third kappa shape index (κ3) is 0.597. The number of hydrogen-bond donors (Lipinski definition) is 2. The van der Waals surface area contributed by atoms with Crippen LogP contribution in [-0.2, 0) is 0 Å². The molecule has 0 spiro atoms. The van der Waals surface area contributed by atoms with Crippen molar-refractivity contribution in [3.63, 3.8) is 0 Å². The van der Waals surface area contributed by atoms with Crippen molar-refractivity contribution in [1.29, 1.82) is 0 Å². The first-order valence-electron chi connectivity index (χ1n) is 4.06. The lowest BCUT2D eigenvalue weighted by atomic mass is 9.87. The molecule has 0 amide bonds. The quantitative estimate of drug-likeness (QED) is 0.537. The van der Waals surface area contributed by atoms with Gasteiger partial charge in [0.1, 0.15) is 0 Å². The predicted octanol–water partition coefficient (Wildman–Crippen LogP) is -0.344. The van der Waals surface area contributed by atoms with Gasteiger partial charge in [-0.1, -0.05) is 6.92 Å². The summed E-state index contributed by atoms with van der Waals surface area (Å²) in [6.45, 7) is 2.10. The van der Waals surface area contributed by atoms with Crippen LogP contribution in [0.25, 0.3) is 0 Å². The number of fused-ring (bicyclic) bond motifs is 1. The second-order valence-electron chi connectivity index (χ2n) is 3.64. The van der Waals surface area contributed by atoms with Crippen molar-refractivity contribution in [1.82, 2.24) is 10.6 Å². The Labute approximate surface area is 66.3 Å². The lowest BCUT2D eigenvalue weighted by molar-refractivity contribution is 0.0914. The van der Waals surface area contributed by atoms with Crippen molar-refractivity contribution in [3.05, 3.63) is 5.21 Å². The normalized spacial score (nSPS) is 53.7. The molecule has 64 valence electrons. The van der Waals surface area contributed by atoms with Crippen LogP contribution in [-0.4, -0.2) is 23.8 Å². The minimum atomic E-state index is -0.241. The molecule has 11 heavy (non-hydrogen) atoms. The van der Waals surface area contributed by atoms with Crippen molar-refractivity contribution >= 4 is 0 Å². The van der Waals surface area contributed by atoms with Gasteiger partial charge in [-0.15, -0.1) is 0 Å². The molecule has 0 radical (unpaired) electrons. The number of nitrogens with two attached hydrogens (primary N) is 1. The van der Waals surface area contributed by atoms with E-state index >= 15 is 0 Å². The Hall–Kier alpha value is -0.160. The first kappa shape index (κ1) is 7.49. The first-order chi connectivity index (χ1) is 5.15. The van der Waals surface area contributed by atoms with Gasteiger partial charge < -0.3 is 16.1 Å². The fraction of sp³-hybridized carbons (Fsp3) is 1.00. The fourth-order valence-electron chi connectivity index (χ4n) is 2.65. The van der Waals surface area contributed by atoms with Gasteiger partial charge in [-0.05, 0) is 25.3 Å². The molecule has 3 N–H and O–H groups in total. The number of hydrazine groups is 1. The molecule has 0 aromatic rings. The summed E-state index contributed by atoms with van der Waals surface area (Å²) in [6, 6.07) is 0.0763. The SMILES string of the molecule is CNN([O-])C12C(N)CC1C2C. The Morgan fingerprint density at radius 1 is 1.73 bits per heavy atom. The van der Waals surface area contributed by atoms with Crippen LogP contribution in [0.5, 0.6) is 0 Å². The minimum Gasteiger partial charge on any atom is -0.771 e. The lowest BCUT2D eigenvalue weighted by Crippen LogP contribution is -2.59. The van der Waals surface area contributed by atoms with E-state index in [-0.39, 0.29) is 11.6 Å². The zero-order valence-corrected chi connectivity index (χ0v) is 6.87. The second-order valence-corrected chi connectivity index (χ2v) is 3.64. The summed E-state index contributed by atoms with van der Waals surface area (Å²) in [5, 5.41) is 12.2. The van der Waals surface area contributed by atoms with E-state index in [0.717, 1.165) is 11.6 Å². The van der Waals surface area contributed by atoms with Gasteiger partial charge in [0.25, 0.3) is 0 Å². The number of nitrogens with zero attached hydrogens (tertiary/aromatic N) is 1. The van der Waals surface area contributed by atoms with Crippen LogP contribution in [0, 0.1) is 17.0 Å². The largest absolute Gasteiger partial charge is 0.771 e. The van der Waals surface area contributed by atoms with Crippen LogP contribution in [0.1, 0.15) is 13.3 Å². The maximum atomic E-state index is 11.3. The third-order valence-electron chi connectivity index (χ3n) is 3.47. The van der Waals surface area contributed by atoms with Gasteiger partial charge >= 0.3 is 0 Å². The molecule has 4 atom stereocenters. The van der Waals surface area contributed by atoms with Crippen molar-refractivity contribution < 1.29 is 0 Å². The molecule has 2 saturated carbocycles. The van der Waals surface area contributed by atoms with E-state index < -0.39 is 0 Å². The molecular weight excluding hydrogens is 142 g/mol. The lowest BCUT2D eigenvalue weighted by Gasteiger charge is -2.47. The van der Waals surface area contributed by atoms with Gasteiger partial charge in [0.2, 0.25) is 0 Å². The van der Waals surface area contributed by atoms with E-state index in [1.165, 1.54) is 0 Å². The summed E-state index contributed by atoms with van der Waals surface area (Å²) < 4.78 is 0. The molecule has 0 heterocycles. The van der Waals surface area contributed by atoms with Crippen LogP contribution in [0.15, 0.2) is 0 Å². The van der Waals surface area contributed by atoms with Crippen LogP contribution >= 0.6 is 0 Å². The predicted molar refractivity (Wildman–Crippen MR) is 42.2 cm³/mol. The topological polar surface area (TPSA) is 64.3 Å². The Bertz CT molecular complexity index is 171. The minimum absolute atomic E-state index is 0.0763. The average molecular weight is 156 g/mol.